The molecule has 3 aromatic heterocycles. The maximum atomic E-state index is 12.3. The molecule has 114 valence electrons. The molecule has 1 amide bonds. The predicted molar refractivity (Wildman–Crippen MR) is 83.5 cm³/mol. The zero-order valence-electron chi connectivity index (χ0n) is 12.5. The molecule has 0 radical (unpaired) electrons. The molecule has 0 spiro atoms. The van der Waals surface area contributed by atoms with E-state index in [-0.39, 0.29) is 5.91 Å². The Hall–Kier alpha value is -3.14. The lowest BCUT2D eigenvalue weighted by Crippen LogP contribution is -2.27. The summed E-state index contributed by atoms with van der Waals surface area (Å²) in [4.78, 5) is 18.3. The summed E-state index contributed by atoms with van der Waals surface area (Å²) < 4.78 is 3.62. The lowest BCUT2D eigenvalue weighted by molar-refractivity contribution is -0.118. The Morgan fingerprint density at radius 3 is 2.96 bits per heavy atom. The van der Waals surface area contributed by atoms with Gasteiger partial charge in [-0.1, -0.05) is 0 Å². The van der Waals surface area contributed by atoms with Gasteiger partial charge in [-0.2, -0.15) is 10.4 Å². The van der Waals surface area contributed by atoms with E-state index in [0.29, 0.717) is 13.0 Å². The summed E-state index contributed by atoms with van der Waals surface area (Å²) in [6.45, 7) is 0.556. The van der Waals surface area contributed by atoms with Crippen molar-refractivity contribution in [2.45, 2.75) is 6.42 Å². The van der Waals surface area contributed by atoms with Crippen molar-refractivity contribution in [1.82, 2.24) is 19.2 Å². The van der Waals surface area contributed by atoms with Crippen LogP contribution in [0.5, 0.6) is 0 Å². The molecule has 0 N–H and O–H groups in total. The molecule has 0 aromatic carbocycles. The number of anilines is 1. The number of nitriles is 1. The number of imidazole rings is 1. The van der Waals surface area contributed by atoms with E-state index < -0.39 is 5.92 Å². The number of hydrogen-bond acceptors (Lipinski definition) is 4. The molecule has 1 aliphatic rings. The molecule has 1 aliphatic heterocycles. The Balaban J connectivity index is 1.81. The molecule has 3 aromatic rings. The minimum atomic E-state index is -0.548. The maximum Gasteiger partial charge on any atom is 0.244 e. The third kappa shape index (κ3) is 2.07. The van der Waals surface area contributed by atoms with Crippen LogP contribution in [-0.2, 0) is 11.8 Å². The fraction of sp³-hybridized carbons (Fsp3) is 0.250. The van der Waals surface area contributed by atoms with Crippen molar-refractivity contribution in [1.29, 1.82) is 5.26 Å². The zero-order valence-corrected chi connectivity index (χ0v) is 12.5. The number of hydrogen-bond donors (Lipinski definition) is 0. The van der Waals surface area contributed by atoms with Crippen LogP contribution in [0.3, 0.4) is 0 Å². The van der Waals surface area contributed by atoms with E-state index in [1.165, 1.54) is 0 Å². The molecule has 7 heteroatoms. The first kappa shape index (κ1) is 13.5. The van der Waals surface area contributed by atoms with Crippen LogP contribution < -0.4 is 4.90 Å². The van der Waals surface area contributed by atoms with Gasteiger partial charge in [-0.05, 0) is 18.6 Å². The van der Waals surface area contributed by atoms with Gasteiger partial charge in [0.05, 0.1) is 29.3 Å². The first-order valence-corrected chi connectivity index (χ1v) is 7.34. The number of fused-ring (bicyclic) bond motifs is 1. The molecule has 23 heavy (non-hydrogen) atoms. The lowest BCUT2D eigenvalue weighted by Gasteiger charge is -2.16. The van der Waals surface area contributed by atoms with Crippen LogP contribution in [0, 0.1) is 17.2 Å². The van der Waals surface area contributed by atoms with Gasteiger partial charge >= 0.3 is 0 Å². The predicted octanol–water partition coefficient (Wildman–Crippen LogP) is 1.61. The molecule has 0 aliphatic carbocycles. The molecular weight excluding hydrogens is 292 g/mol. The normalized spacial score (nSPS) is 17.8. The summed E-state index contributed by atoms with van der Waals surface area (Å²) in [6, 6.07) is 5.85. The Morgan fingerprint density at radius 2 is 2.26 bits per heavy atom. The number of rotatable bonds is 2. The summed E-state index contributed by atoms with van der Waals surface area (Å²) in [7, 11) is 1.92. The van der Waals surface area contributed by atoms with Gasteiger partial charge in [0.25, 0.3) is 0 Å². The molecule has 4 heterocycles. The highest BCUT2D eigenvalue weighted by Gasteiger charge is 2.33. The third-order valence-electron chi connectivity index (χ3n) is 4.14. The summed E-state index contributed by atoms with van der Waals surface area (Å²) in [5.74, 6) is -0.686. The van der Waals surface area contributed by atoms with Crippen LogP contribution in [0.25, 0.3) is 16.8 Å². The molecule has 4 rings (SSSR count). The Kier molecular flexibility index (Phi) is 2.91. The molecule has 0 saturated carbocycles. The first-order chi connectivity index (χ1) is 11.2. The summed E-state index contributed by atoms with van der Waals surface area (Å²) in [6.07, 6.45) is 7.80. The third-order valence-corrected chi connectivity index (χ3v) is 4.14. The molecule has 1 atom stereocenters. The number of amides is 1. The highest BCUT2D eigenvalue weighted by Crippen LogP contribution is 2.31. The van der Waals surface area contributed by atoms with Gasteiger partial charge in [-0.15, -0.1) is 0 Å². The highest BCUT2D eigenvalue weighted by atomic mass is 16.2. The largest absolute Gasteiger partial charge is 0.340 e. The fourth-order valence-corrected chi connectivity index (χ4v) is 2.97. The Morgan fingerprint density at radius 1 is 1.39 bits per heavy atom. The minimum Gasteiger partial charge on any atom is -0.340 e. The number of carbonyl (C=O) groups is 1. The van der Waals surface area contributed by atoms with Crippen LogP contribution in [0.4, 0.5) is 5.69 Å². The van der Waals surface area contributed by atoms with Crippen molar-refractivity contribution in [2.75, 3.05) is 11.4 Å². The monoisotopic (exact) mass is 306 g/mol. The summed E-state index contributed by atoms with van der Waals surface area (Å²) in [5, 5.41) is 13.4. The number of nitrogens with zero attached hydrogens (tertiary/aromatic N) is 6. The average Bonchev–Trinajstić information content (AvgIpc) is 3.24. The smallest absolute Gasteiger partial charge is 0.244 e. The second-order valence-corrected chi connectivity index (χ2v) is 5.66. The van der Waals surface area contributed by atoms with Gasteiger partial charge in [0.1, 0.15) is 5.92 Å². The number of aryl methyl sites for hydroxylation is 1. The second-order valence-electron chi connectivity index (χ2n) is 5.66. The molecule has 1 saturated heterocycles. The van der Waals surface area contributed by atoms with Gasteiger partial charge in [0.2, 0.25) is 5.91 Å². The first-order valence-electron chi connectivity index (χ1n) is 7.34. The van der Waals surface area contributed by atoms with Crippen LogP contribution in [0.1, 0.15) is 6.42 Å². The fourth-order valence-electron chi connectivity index (χ4n) is 2.97. The van der Waals surface area contributed by atoms with Crippen molar-refractivity contribution in [3.63, 3.8) is 0 Å². The summed E-state index contributed by atoms with van der Waals surface area (Å²) in [5.41, 5.74) is 3.41. The van der Waals surface area contributed by atoms with Crippen molar-refractivity contribution in [3.05, 3.63) is 37.1 Å². The number of aromatic nitrogens is 4. The standard InChI is InChI=1S/C16H14N6O/c1-20-9-13(18-10-20)12-6-15-14(2-4-19-22(15)8-12)21-5-3-11(7-17)16(21)23/h2,4,6,8-11H,3,5H2,1H3. The van der Waals surface area contributed by atoms with Gasteiger partial charge in [0.15, 0.2) is 0 Å². The van der Waals surface area contributed by atoms with Crippen molar-refractivity contribution in [2.24, 2.45) is 13.0 Å². The van der Waals surface area contributed by atoms with E-state index in [0.717, 1.165) is 22.5 Å². The topological polar surface area (TPSA) is 79.2 Å². The van der Waals surface area contributed by atoms with E-state index in [2.05, 4.69) is 16.2 Å². The SMILES string of the molecule is Cn1cnc(-c2cc3c(N4CCC(C#N)C4=O)ccnn3c2)c1. The van der Waals surface area contributed by atoms with Crippen LogP contribution >= 0.6 is 0 Å². The Labute approximate surface area is 132 Å². The Bertz CT molecular complexity index is 947. The van der Waals surface area contributed by atoms with Gasteiger partial charge in [-0.3, -0.25) is 4.79 Å². The molecule has 7 nitrogen and oxygen atoms in total. The van der Waals surface area contributed by atoms with Gasteiger partial charge < -0.3 is 9.47 Å². The van der Waals surface area contributed by atoms with Crippen LogP contribution in [-0.4, -0.2) is 31.6 Å². The van der Waals surface area contributed by atoms with E-state index in [4.69, 9.17) is 5.26 Å². The van der Waals surface area contributed by atoms with Crippen LogP contribution in [0.15, 0.2) is 37.1 Å². The minimum absolute atomic E-state index is 0.138. The molecule has 1 fully saturated rings. The zero-order chi connectivity index (χ0) is 16.0. The average molecular weight is 306 g/mol. The second kappa shape index (κ2) is 4.95. The maximum absolute atomic E-state index is 12.3. The van der Waals surface area contributed by atoms with Crippen LogP contribution in [0.2, 0.25) is 0 Å². The van der Waals surface area contributed by atoms with E-state index in [1.54, 1.807) is 21.9 Å². The molecular formula is C16H14N6O. The van der Waals surface area contributed by atoms with Crippen molar-refractivity contribution in [3.8, 4) is 17.3 Å². The summed E-state index contributed by atoms with van der Waals surface area (Å²) >= 11 is 0. The molecule has 1 unspecified atom stereocenters. The number of carbonyl (C=O) groups excluding carboxylic acids is 1. The molecule has 0 bridgehead atoms. The quantitative estimate of drug-likeness (QED) is 0.720. The van der Waals surface area contributed by atoms with Gasteiger partial charge in [0, 0.05) is 37.7 Å². The lowest BCUT2D eigenvalue weighted by atomic mass is 10.1. The van der Waals surface area contributed by atoms with Gasteiger partial charge in [-0.25, -0.2) is 9.50 Å². The van der Waals surface area contributed by atoms with Crippen molar-refractivity contribution >= 4 is 17.1 Å². The highest BCUT2D eigenvalue weighted by molar-refractivity contribution is 6.02. The van der Waals surface area contributed by atoms with E-state index in [9.17, 15) is 4.79 Å². The van der Waals surface area contributed by atoms with Crippen molar-refractivity contribution < 1.29 is 4.79 Å². The van der Waals surface area contributed by atoms with E-state index in [1.807, 2.05) is 36.1 Å². The van der Waals surface area contributed by atoms with E-state index >= 15 is 0 Å².